The average Bonchev–Trinajstić information content (AvgIpc) is 2.33. The van der Waals surface area contributed by atoms with Crippen LogP contribution in [-0.4, -0.2) is 15.0 Å². The molecule has 0 fully saturated rings. The number of rotatable bonds is 6. The molecular weight excluding hydrogens is 253 g/mol. The van der Waals surface area contributed by atoms with E-state index in [2.05, 4.69) is 4.72 Å². The first kappa shape index (κ1) is 15.1. The number of hydrogen-bond donors (Lipinski definition) is 1. The standard InChI is InChI=1S/C13H20FNO2S/c1-4-11(5-2)9-15-18(16,17)12-7-6-10(3)13(14)8-12/h6-8,11,15H,4-5,9H2,1-3H3. The van der Waals surface area contributed by atoms with Crippen molar-refractivity contribution >= 4 is 10.0 Å². The van der Waals surface area contributed by atoms with Gasteiger partial charge >= 0.3 is 0 Å². The molecule has 1 aromatic carbocycles. The zero-order valence-electron chi connectivity index (χ0n) is 11.0. The summed E-state index contributed by atoms with van der Waals surface area (Å²) in [6, 6.07) is 3.96. The predicted molar refractivity (Wildman–Crippen MR) is 70.4 cm³/mol. The van der Waals surface area contributed by atoms with Gasteiger partial charge in [-0.2, -0.15) is 0 Å². The summed E-state index contributed by atoms with van der Waals surface area (Å²) in [6.07, 6.45) is 1.84. The van der Waals surface area contributed by atoms with Gasteiger partial charge in [0.15, 0.2) is 0 Å². The molecule has 5 heteroatoms. The summed E-state index contributed by atoms with van der Waals surface area (Å²) in [6.45, 7) is 6.04. The highest BCUT2D eigenvalue weighted by Crippen LogP contribution is 2.15. The molecule has 0 spiro atoms. The lowest BCUT2D eigenvalue weighted by atomic mass is 10.0. The minimum Gasteiger partial charge on any atom is -0.211 e. The summed E-state index contributed by atoms with van der Waals surface area (Å²) in [4.78, 5) is -0.0171. The van der Waals surface area contributed by atoms with Gasteiger partial charge in [-0.1, -0.05) is 32.8 Å². The largest absolute Gasteiger partial charge is 0.240 e. The molecule has 0 radical (unpaired) electrons. The number of benzene rings is 1. The zero-order valence-corrected chi connectivity index (χ0v) is 11.8. The van der Waals surface area contributed by atoms with E-state index in [0.717, 1.165) is 18.9 Å². The van der Waals surface area contributed by atoms with E-state index in [-0.39, 0.29) is 4.90 Å². The molecule has 0 aliphatic rings. The molecule has 0 aliphatic carbocycles. The minimum absolute atomic E-state index is 0.0171. The van der Waals surface area contributed by atoms with E-state index in [1.807, 2.05) is 13.8 Å². The van der Waals surface area contributed by atoms with Crippen LogP contribution in [0, 0.1) is 18.7 Å². The minimum atomic E-state index is -3.60. The molecule has 18 heavy (non-hydrogen) atoms. The van der Waals surface area contributed by atoms with E-state index < -0.39 is 15.8 Å². The van der Waals surface area contributed by atoms with Gasteiger partial charge in [-0.3, -0.25) is 0 Å². The van der Waals surface area contributed by atoms with Crippen molar-refractivity contribution in [1.29, 1.82) is 0 Å². The Bertz CT molecular complexity index is 496. The van der Waals surface area contributed by atoms with Crippen molar-refractivity contribution in [3.63, 3.8) is 0 Å². The third kappa shape index (κ3) is 3.78. The van der Waals surface area contributed by atoms with E-state index >= 15 is 0 Å². The second-order valence-corrected chi connectivity index (χ2v) is 6.21. The summed E-state index contributed by atoms with van der Waals surface area (Å²) in [7, 11) is -3.60. The van der Waals surface area contributed by atoms with Crippen molar-refractivity contribution in [2.45, 2.75) is 38.5 Å². The van der Waals surface area contributed by atoms with Gasteiger partial charge in [0, 0.05) is 6.54 Å². The third-order valence-electron chi connectivity index (χ3n) is 3.17. The van der Waals surface area contributed by atoms with Gasteiger partial charge < -0.3 is 0 Å². The Morgan fingerprint density at radius 2 is 1.89 bits per heavy atom. The van der Waals surface area contributed by atoms with Gasteiger partial charge in [-0.25, -0.2) is 17.5 Å². The van der Waals surface area contributed by atoms with Crippen LogP contribution in [0.3, 0.4) is 0 Å². The fourth-order valence-corrected chi connectivity index (χ4v) is 2.76. The molecule has 0 amide bonds. The van der Waals surface area contributed by atoms with Gasteiger partial charge in [-0.15, -0.1) is 0 Å². The normalized spacial score (nSPS) is 12.1. The highest BCUT2D eigenvalue weighted by molar-refractivity contribution is 7.89. The van der Waals surface area contributed by atoms with Gasteiger partial charge in [-0.05, 0) is 30.5 Å². The molecule has 0 unspecified atom stereocenters. The Kier molecular flexibility index (Phi) is 5.28. The zero-order chi connectivity index (χ0) is 13.8. The second kappa shape index (κ2) is 6.29. The van der Waals surface area contributed by atoms with Crippen LogP contribution in [0.5, 0.6) is 0 Å². The lowest BCUT2D eigenvalue weighted by Gasteiger charge is -2.13. The first-order valence-electron chi connectivity index (χ1n) is 6.16. The van der Waals surface area contributed by atoms with Crippen molar-refractivity contribution in [2.75, 3.05) is 6.54 Å². The average molecular weight is 273 g/mol. The predicted octanol–water partition coefficient (Wildman–Crippen LogP) is 2.85. The summed E-state index contributed by atoms with van der Waals surface area (Å²) < 4.78 is 39.8. The second-order valence-electron chi connectivity index (χ2n) is 4.45. The molecule has 1 N–H and O–H groups in total. The van der Waals surface area contributed by atoms with Crippen LogP contribution in [0.25, 0.3) is 0 Å². The number of aryl methyl sites for hydroxylation is 1. The van der Waals surface area contributed by atoms with Crippen LogP contribution in [-0.2, 0) is 10.0 Å². The Labute approximate surface area is 108 Å². The van der Waals surface area contributed by atoms with Crippen LogP contribution in [0.15, 0.2) is 23.1 Å². The maximum atomic E-state index is 13.3. The lowest BCUT2D eigenvalue weighted by molar-refractivity contribution is 0.478. The maximum absolute atomic E-state index is 13.3. The fraction of sp³-hybridized carbons (Fsp3) is 0.538. The van der Waals surface area contributed by atoms with Crippen molar-refractivity contribution < 1.29 is 12.8 Å². The van der Waals surface area contributed by atoms with E-state index in [1.54, 1.807) is 6.92 Å². The van der Waals surface area contributed by atoms with Crippen LogP contribution in [0.2, 0.25) is 0 Å². The fourth-order valence-electron chi connectivity index (χ4n) is 1.63. The number of nitrogens with one attached hydrogen (secondary N) is 1. The smallest absolute Gasteiger partial charge is 0.211 e. The Hall–Kier alpha value is -0.940. The first-order chi connectivity index (χ1) is 8.40. The third-order valence-corrected chi connectivity index (χ3v) is 4.59. The Morgan fingerprint density at radius 1 is 1.28 bits per heavy atom. The monoisotopic (exact) mass is 273 g/mol. The molecule has 3 nitrogen and oxygen atoms in total. The van der Waals surface area contributed by atoms with Crippen LogP contribution < -0.4 is 4.72 Å². The number of hydrogen-bond acceptors (Lipinski definition) is 2. The van der Waals surface area contributed by atoms with E-state index in [0.29, 0.717) is 18.0 Å². The molecule has 1 rings (SSSR count). The lowest BCUT2D eigenvalue weighted by Crippen LogP contribution is -2.29. The van der Waals surface area contributed by atoms with Gasteiger partial charge in [0.05, 0.1) is 4.90 Å². The molecule has 1 aromatic rings. The van der Waals surface area contributed by atoms with Crippen LogP contribution in [0.4, 0.5) is 4.39 Å². The van der Waals surface area contributed by atoms with E-state index in [4.69, 9.17) is 0 Å². The first-order valence-corrected chi connectivity index (χ1v) is 7.64. The molecule has 0 aromatic heterocycles. The highest BCUT2D eigenvalue weighted by Gasteiger charge is 2.16. The van der Waals surface area contributed by atoms with Crippen LogP contribution >= 0.6 is 0 Å². The molecule has 0 saturated carbocycles. The quantitative estimate of drug-likeness (QED) is 0.866. The van der Waals surface area contributed by atoms with Gasteiger partial charge in [0.2, 0.25) is 10.0 Å². The van der Waals surface area contributed by atoms with Crippen molar-refractivity contribution in [2.24, 2.45) is 5.92 Å². The molecule has 0 aliphatic heterocycles. The molecule has 102 valence electrons. The van der Waals surface area contributed by atoms with Crippen molar-refractivity contribution in [3.05, 3.63) is 29.6 Å². The van der Waals surface area contributed by atoms with Crippen LogP contribution in [0.1, 0.15) is 32.3 Å². The summed E-state index contributed by atoms with van der Waals surface area (Å²) in [5.41, 5.74) is 0.439. The van der Waals surface area contributed by atoms with E-state index in [1.165, 1.54) is 12.1 Å². The number of halogens is 1. The summed E-state index contributed by atoms with van der Waals surface area (Å²) in [5, 5.41) is 0. The highest BCUT2D eigenvalue weighted by atomic mass is 32.2. The number of sulfonamides is 1. The maximum Gasteiger partial charge on any atom is 0.240 e. The molecule has 0 heterocycles. The van der Waals surface area contributed by atoms with Crippen molar-refractivity contribution in [1.82, 2.24) is 4.72 Å². The topological polar surface area (TPSA) is 46.2 Å². The van der Waals surface area contributed by atoms with E-state index in [9.17, 15) is 12.8 Å². The molecule has 0 bridgehead atoms. The van der Waals surface area contributed by atoms with Crippen molar-refractivity contribution in [3.8, 4) is 0 Å². The van der Waals surface area contributed by atoms with Gasteiger partial charge in [0.25, 0.3) is 0 Å². The molecule has 0 saturated heterocycles. The molecular formula is C13H20FNO2S. The summed E-state index contributed by atoms with van der Waals surface area (Å²) in [5.74, 6) is -0.185. The SMILES string of the molecule is CCC(CC)CNS(=O)(=O)c1ccc(C)c(F)c1. The molecule has 0 atom stereocenters. The summed E-state index contributed by atoms with van der Waals surface area (Å²) >= 11 is 0. The Morgan fingerprint density at radius 3 is 2.39 bits per heavy atom. The van der Waals surface area contributed by atoms with Gasteiger partial charge in [0.1, 0.15) is 5.82 Å². The Balaban J connectivity index is 2.83.